The maximum Gasteiger partial charge on any atom is 0.323 e. The first-order valence-corrected chi connectivity index (χ1v) is 10.6. The van der Waals surface area contributed by atoms with Crippen LogP contribution in [0.25, 0.3) is 6.08 Å². The standard InChI is InChI=1S/C22H24FN3O3S.ClH/c23-18-4-2-1-3-17(18)21(22(29)14-5-6-14)26-8-7-19(30)15(10-26)9-16-11-25(13-24-16)12-20(27)28;/h1-4,9,11,13-14,19,21,30H,5-8,10,12H2,(H,27,28);1H/b15-9-;. The van der Waals surface area contributed by atoms with Gasteiger partial charge in [0, 0.05) is 36.0 Å². The van der Waals surface area contributed by atoms with Crippen LogP contribution in [0.3, 0.4) is 0 Å². The molecule has 1 N–H and O–H groups in total. The Labute approximate surface area is 192 Å². The van der Waals surface area contributed by atoms with Gasteiger partial charge in [0.2, 0.25) is 0 Å². The molecule has 1 aromatic heterocycles. The van der Waals surface area contributed by atoms with Crippen molar-refractivity contribution >= 4 is 42.9 Å². The number of piperidine rings is 1. The van der Waals surface area contributed by atoms with E-state index in [1.54, 1.807) is 24.4 Å². The number of ketones is 1. The van der Waals surface area contributed by atoms with Crippen LogP contribution in [0.2, 0.25) is 0 Å². The summed E-state index contributed by atoms with van der Waals surface area (Å²) in [4.78, 5) is 30.3. The Hall–Kier alpha value is -2.16. The highest BCUT2D eigenvalue weighted by Crippen LogP contribution is 2.39. The van der Waals surface area contributed by atoms with E-state index in [2.05, 4.69) is 17.6 Å². The van der Waals surface area contributed by atoms with Gasteiger partial charge in [-0.1, -0.05) is 18.2 Å². The van der Waals surface area contributed by atoms with E-state index in [1.807, 2.05) is 11.0 Å². The number of carboxylic acid groups (broad SMARTS) is 1. The molecule has 1 saturated heterocycles. The number of carboxylic acids is 1. The molecule has 1 aromatic carbocycles. The smallest absolute Gasteiger partial charge is 0.323 e. The lowest BCUT2D eigenvalue weighted by molar-refractivity contribution is -0.137. The maximum absolute atomic E-state index is 14.6. The molecule has 0 amide bonds. The predicted molar refractivity (Wildman–Crippen MR) is 121 cm³/mol. The van der Waals surface area contributed by atoms with Gasteiger partial charge in [0.15, 0.2) is 5.78 Å². The summed E-state index contributed by atoms with van der Waals surface area (Å²) in [6.45, 7) is 0.978. The van der Waals surface area contributed by atoms with Crippen molar-refractivity contribution < 1.29 is 19.1 Å². The zero-order valence-corrected chi connectivity index (χ0v) is 18.6. The van der Waals surface area contributed by atoms with Gasteiger partial charge in [0.25, 0.3) is 0 Å². The summed E-state index contributed by atoms with van der Waals surface area (Å²) >= 11 is 4.69. The van der Waals surface area contributed by atoms with Crippen LogP contribution in [0.5, 0.6) is 0 Å². The minimum Gasteiger partial charge on any atom is -0.480 e. The van der Waals surface area contributed by atoms with Crippen molar-refractivity contribution in [3.05, 3.63) is 59.4 Å². The summed E-state index contributed by atoms with van der Waals surface area (Å²) in [6, 6.07) is 5.90. The van der Waals surface area contributed by atoms with E-state index in [0.717, 1.165) is 24.8 Å². The Bertz CT molecular complexity index is 992. The average Bonchev–Trinajstić information content (AvgIpc) is 3.47. The number of halogens is 2. The van der Waals surface area contributed by atoms with Crippen LogP contribution in [0.4, 0.5) is 4.39 Å². The molecule has 1 aliphatic heterocycles. The molecule has 0 spiro atoms. The maximum atomic E-state index is 14.6. The van der Waals surface area contributed by atoms with E-state index >= 15 is 0 Å². The van der Waals surface area contributed by atoms with E-state index in [-0.39, 0.29) is 41.7 Å². The molecule has 2 aliphatic rings. The highest BCUT2D eigenvalue weighted by atomic mass is 35.5. The lowest BCUT2D eigenvalue weighted by Crippen LogP contribution is -2.42. The summed E-state index contributed by atoms with van der Waals surface area (Å²) in [6.07, 6.45) is 7.51. The van der Waals surface area contributed by atoms with E-state index in [9.17, 15) is 14.0 Å². The predicted octanol–water partition coefficient (Wildman–Crippen LogP) is 3.64. The highest BCUT2D eigenvalue weighted by molar-refractivity contribution is 7.81. The molecule has 1 aliphatic carbocycles. The summed E-state index contributed by atoms with van der Waals surface area (Å²) in [7, 11) is 0. The molecule has 1 saturated carbocycles. The van der Waals surface area contributed by atoms with Crippen LogP contribution >= 0.6 is 25.0 Å². The van der Waals surface area contributed by atoms with Crippen LogP contribution in [0.15, 0.2) is 42.4 Å². The summed E-state index contributed by atoms with van der Waals surface area (Å²) in [5.74, 6) is -1.19. The number of likely N-dealkylation sites (tertiary alicyclic amines) is 1. The van der Waals surface area contributed by atoms with Crippen LogP contribution in [0.1, 0.15) is 36.6 Å². The number of Topliss-reactive ketones (excluding diaryl/α,β-unsaturated/α-hetero) is 1. The highest BCUT2D eigenvalue weighted by Gasteiger charge is 2.40. The van der Waals surface area contributed by atoms with E-state index in [0.29, 0.717) is 24.3 Å². The SMILES string of the molecule is Cl.O=C(O)Cn1cnc(/C=C2/CN(C(C(=O)C3CC3)c3ccccc3F)CCC2S)c1. The van der Waals surface area contributed by atoms with Gasteiger partial charge in [-0.2, -0.15) is 12.6 Å². The molecule has 31 heavy (non-hydrogen) atoms. The number of carbonyl (C=O) groups is 2. The van der Waals surface area contributed by atoms with E-state index in [1.165, 1.54) is 17.0 Å². The quantitative estimate of drug-likeness (QED) is 0.611. The third-order valence-corrected chi connectivity index (χ3v) is 6.21. The van der Waals surface area contributed by atoms with Crippen LogP contribution < -0.4 is 0 Å². The van der Waals surface area contributed by atoms with Crippen LogP contribution in [0, 0.1) is 11.7 Å². The first-order valence-electron chi connectivity index (χ1n) is 10.1. The second kappa shape index (κ2) is 9.97. The molecule has 0 radical (unpaired) electrons. The number of nitrogens with zero attached hydrogens (tertiary/aromatic N) is 3. The third-order valence-electron chi connectivity index (χ3n) is 5.62. The molecular formula is C22H25ClFN3O3S. The van der Waals surface area contributed by atoms with Crippen molar-refractivity contribution in [3.63, 3.8) is 0 Å². The Morgan fingerprint density at radius 1 is 1.29 bits per heavy atom. The van der Waals surface area contributed by atoms with E-state index in [4.69, 9.17) is 5.11 Å². The number of aliphatic carboxylic acids is 1. The van der Waals surface area contributed by atoms with Gasteiger partial charge in [-0.15, -0.1) is 12.4 Å². The van der Waals surface area contributed by atoms with Crippen LogP contribution in [-0.4, -0.2) is 49.6 Å². The van der Waals surface area contributed by atoms with Crippen LogP contribution in [-0.2, 0) is 16.1 Å². The fourth-order valence-electron chi connectivity index (χ4n) is 3.96. The molecule has 2 heterocycles. The number of rotatable bonds is 7. The van der Waals surface area contributed by atoms with Crippen molar-refractivity contribution in [2.45, 2.75) is 37.1 Å². The Morgan fingerprint density at radius 3 is 2.71 bits per heavy atom. The number of hydrogen-bond donors (Lipinski definition) is 2. The molecular weight excluding hydrogens is 441 g/mol. The molecule has 166 valence electrons. The molecule has 2 fully saturated rings. The largest absolute Gasteiger partial charge is 0.480 e. The zero-order chi connectivity index (χ0) is 21.3. The van der Waals surface area contributed by atoms with Crippen molar-refractivity contribution in [2.75, 3.05) is 13.1 Å². The van der Waals surface area contributed by atoms with Gasteiger partial charge in [0.1, 0.15) is 12.4 Å². The molecule has 4 rings (SSSR count). The summed E-state index contributed by atoms with van der Waals surface area (Å²) < 4.78 is 16.1. The number of aromatic nitrogens is 2. The molecule has 6 nitrogen and oxygen atoms in total. The Morgan fingerprint density at radius 2 is 2.03 bits per heavy atom. The van der Waals surface area contributed by atoms with Gasteiger partial charge in [-0.3, -0.25) is 14.5 Å². The van der Waals surface area contributed by atoms with Gasteiger partial charge in [-0.25, -0.2) is 9.37 Å². The second-order valence-electron chi connectivity index (χ2n) is 7.96. The zero-order valence-electron chi connectivity index (χ0n) is 16.9. The number of benzene rings is 1. The Kier molecular flexibility index (Phi) is 7.56. The van der Waals surface area contributed by atoms with Gasteiger partial charge >= 0.3 is 5.97 Å². The first-order chi connectivity index (χ1) is 14.4. The van der Waals surface area contributed by atoms with Gasteiger partial charge in [-0.05, 0) is 37.0 Å². The average molecular weight is 466 g/mol. The summed E-state index contributed by atoms with van der Waals surface area (Å²) in [5.41, 5.74) is 2.05. The minimum atomic E-state index is -0.936. The number of thiol groups is 1. The monoisotopic (exact) mass is 465 g/mol. The molecule has 9 heteroatoms. The fourth-order valence-corrected chi connectivity index (χ4v) is 4.23. The van der Waals surface area contributed by atoms with Crippen molar-refractivity contribution in [1.29, 1.82) is 0 Å². The number of carbonyl (C=O) groups excluding carboxylic acids is 1. The topological polar surface area (TPSA) is 75.4 Å². The molecule has 2 aromatic rings. The van der Waals surface area contributed by atoms with Crippen molar-refractivity contribution in [1.82, 2.24) is 14.5 Å². The number of imidazole rings is 1. The lowest BCUT2D eigenvalue weighted by atomic mass is 9.93. The van der Waals surface area contributed by atoms with Crippen molar-refractivity contribution in [3.8, 4) is 0 Å². The minimum absolute atomic E-state index is 0. The number of hydrogen-bond acceptors (Lipinski definition) is 5. The second-order valence-corrected chi connectivity index (χ2v) is 8.58. The fraction of sp³-hybridized carbons (Fsp3) is 0.409. The van der Waals surface area contributed by atoms with Gasteiger partial charge < -0.3 is 9.67 Å². The summed E-state index contributed by atoms with van der Waals surface area (Å²) in [5, 5.41) is 8.93. The lowest BCUT2D eigenvalue weighted by Gasteiger charge is -2.37. The third kappa shape index (κ3) is 5.56. The van der Waals surface area contributed by atoms with E-state index < -0.39 is 12.0 Å². The van der Waals surface area contributed by atoms with Gasteiger partial charge in [0.05, 0.1) is 18.1 Å². The Balaban J connectivity index is 0.00000272. The van der Waals surface area contributed by atoms with Crippen molar-refractivity contribution in [2.24, 2.45) is 5.92 Å². The first kappa shape index (κ1) is 23.5. The molecule has 2 unspecified atom stereocenters. The molecule has 2 atom stereocenters. The normalized spacial score (nSPS) is 21.5. The molecule has 0 bridgehead atoms.